The molecular formula is C23H23Cl2N3O2. The molecule has 1 aliphatic rings. The van der Waals surface area contributed by atoms with Crippen LogP contribution in [0.2, 0.25) is 10.0 Å². The topological polar surface area (TPSA) is 47.2 Å². The van der Waals surface area contributed by atoms with Crippen molar-refractivity contribution in [3.05, 3.63) is 102 Å². The minimum absolute atomic E-state index is 0.203. The van der Waals surface area contributed by atoms with Gasteiger partial charge in [-0.05, 0) is 42.3 Å². The summed E-state index contributed by atoms with van der Waals surface area (Å²) in [5.74, 6) is 0. The van der Waals surface area contributed by atoms with Crippen LogP contribution in [-0.2, 0) is 32.6 Å². The molecule has 0 atom stereocenters. The lowest BCUT2D eigenvalue weighted by Gasteiger charge is -2.30. The zero-order chi connectivity index (χ0) is 21.3. The second-order valence-corrected chi connectivity index (χ2v) is 8.43. The fourth-order valence-electron chi connectivity index (χ4n) is 4.08. The predicted octanol–water partition coefficient (Wildman–Crippen LogP) is 3.94. The van der Waals surface area contributed by atoms with Crippen LogP contribution in [0.25, 0.3) is 0 Å². The molecular weight excluding hydrogens is 421 g/mol. The lowest BCUT2D eigenvalue weighted by molar-refractivity contribution is 0.236. The molecule has 0 fully saturated rings. The molecule has 0 aliphatic carbocycles. The number of benzene rings is 2. The summed E-state index contributed by atoms with van der Waals surface area (Å²) >= 11 is 12.1. The van der Waals surface area contributed by atoms with Gasteiger partial charge in [0.2, 0.25) is 0 Å². The minimum atomic E-state index is -0.250. The Bertz CT molecular complexity index is 1180. The van der Waals surface area contributed by atoms with Crippen LogP contribution in [0, 0.1) is 0 Å². The van der Waals surface area contributed by atoms with Gasteiger partial charge in [0.15, 0.2) is 0 Å². The normalized spacial score (nSPS) is 14.0. The predicted molar refractivity (Wildman–Crippen MR) is 120 cm³/mol. The molecule has 0 saturated heterocycles. The highest BCUT2D eigenvalue weighted by Crippen LogP contribution is 2.19. The molecule has 4 rings (SSSR count). The Morgan fingerprint density at radius 2 is 1.67 bits per heavy atom. The van der Waals surface area contributed by atoms with Crippen molar-refractivity contribution in [1.82, 2.24) is 14.0 Å². The molecule has 0 unspecified atom stereocenters. The van der Waals surface area contributed by atoms with Crippen molar-refractivity contribution in [2.24, 2.45) is 0 Å². The van der Waals surface area contributed by atoms with E-state index in [-0.39, 0.29) is 17.8 Å². The molecule has 0 saturated carbocycles. The highest BCUT2D eigenvalue weighted by molar-refractivity contribution is 6.30. The summed E-state index contributed by atoms with van der Waals surface area (Å²) in [5, 5.41) is 1.33. The summed E-state index contributed by atoms with van der Waals surface area (Å²) in [6, 6.07) is 15.0. The first-order valence-electron chi connectivity index (χ1n) is 10.0. The van der Waals surface area contributed by atoms with Gasteiger partial charge >= 0.3 is 5.69 Å². The minimum Gasteiger partial charge on any atom is -0.297 e. The largest absolute Gasteiger partial charge is 0.331 e. The number of hydrogen-bond acceptors (Lipinski definition) is 3. The Morgan fingerprint density at radius 3 is 2.37 bits per heavy atom. The third-order valence-corrected chi connectivity index (χ3v) is 6.04. The number of hydrogen-bond donors (Lipinski definition) is 0. The van der Waals surface area contributed by atoms with E-state index in [9.17, 15) is 9.59 Å². The van der Waals surface area contributed by atoms with Crippen molar-refractivity contribution in [3.63, 3.8) is 0 Å². The maximum absolute atomic E-state index is 13.3. The van der Waals surface area contributed by atoms with Crippen LogP contribution in [-0.4, -0.2) is 20.6 Å². The third-order valence-electron chi connectivity index (χ3n) is 5.55. The maximum Gasteiger partial charge on any atom is 0.331 e. The van der Waals surface area contributed by atoms with E-state index in [0.29, 0.717) is 41.7 Å². The smallest absolute Gasteiger partial charge is 0.297 e. The van der Waals surface area contributed by atoms with Crippen LogP contribution in [0.15, 0.2) is 58.1 Å². The molecule has 0 bridgehead atoms. The van der Waals surface area contributed by atoms with Gasteiger partial charge in [-0.15, -0.1) is 0 Å². The third kappa shape index (κ3) is 4.24. The maximum atomic E-state index is 13.3. The fourth-order valence-corrected chi connectivity index (χ4v) is 4.41. The summed E-state index contributed by atoms with van der Waals surface area (Å²) in [5.41, 5.74) is 3.09. The Hall–Kier alpha value is -2.34. The van der Waals surface area contributed by atoms with Crippen molar-refractivity contribution in [2.75, 3.05) is 6.54 Å². The second-order valence-electron chi connectivity index (χ2n) is 7.56. The van der Waals surface area contributed by atoms with Crippen LogP contribution < -0.4 is 11.2 Å². The van der Waals surface area contributed by atoms with Crippen LogP contribution in [0.5, 0.6) is 0 Å². The monoisotopic (exact) mass is 443 g/mol. The van der Waals surface area contributed by atoms with Crippen LogP contribution >= 0.6 is 23.2 Å². The number of rotatable bonds is 5. The number of fused-ring (bicyclic) bond motifs is 1. The van der Waals surface area contributed by atoms with Gasteiger partial charge < -0.3 is 0 Å². The van der Waals surface area contributed by atoms with E-state index < -0.39 is 0 Å². The highest BCUT2D eigenvalue weighted by Gasteiger charge is 2.25. The molecule has 2 heterocycles. The first-order chi connectivity index (χ1) is 14.5. The molecule has 30 heavy (non-hydrogen) atoms. The zero-order valence-electron chi connectivity index (χ0n) is 16.8. The number of nitrogens with zero attached hydrogens (tertiary/aromatic N) is 3. The molecule has 0 amide bonds. The van der Waals surface area contributed by atoms with Gasteiger partial charge in [0.05, 0.1) is 12.1 Å². The summed E-state index contributed by atoms with van der Waals surface area (Å²) in [4.78, 5) is 28.6. The van der Waals surface area contributed by atoms with E-state index in [1.165, 1.54) is 4.57 Å². The fraction of sp³-hybridized carbons (Fsp3) is 0.304. The zero-order valence-corrected chi connectivity index (χ0v) is 18.3. The van der Waals surface area contributed by atoms with E-state index in [1.807, 2.05) is 43.3 Å². The Labute approximate surface area is 185 Å². The summed E-state index contributed by atoms with van der Waals surface area (Å²) < 4.78 is 3.08. The molecule has 0 radical (unpaired) electrons. The molecule has 3 aromatic rings. The van der Waals surface area contributed by atoms with Gasteiger partial charge in [-0.2, -0.15) is 0 Å². The average molecular weight is 444 g/mol. The molecule has 1 aromatic heterocycles. The quantitative estimate of drug-likeness (QED) is 0.599. The molecule has 5 nitrogen and oxygen atoms in total. The van der Waals surface area contributed by atoms with Gasteiger partial charge in [0.25, 0.3) is 5.56 Å². The van der Waals surface area contributed by atoms with Crippen molar-refractivity contribution >= 4 is 23.2 Å². The molecule has 0 N–H and O–H groups in total. The summed E-state index contributed by atoms with van der Waals surface area (Å²) in [6.45, 7) is 4.73. The average Bonchev–Trinajstić information content (AvgIpc) is 2.73. The van der Waals surface area contributed by atoms with E-state index in [4.69, 9.17) is 23.2 Å². The number of halogens is 2. The lowest BCUT2D eigenvalue weighted by atomic mass is 10.0. The van der Waals surface area contributed by atoms with Gasteiger partial charge in [0, 0.05) is 48.3 Å². The highest BCUT2D eigenvalue weighted by atomic mass is 35.5. The Balaban J connectivity index is 1.69. The van der Waals surface area contributed by atoms with Gasteiger partial charge in [-0.1, -0.05) is 47.5 Å². The molecule has 2 aromatic carbocycles. The van der Waals surface area contributed by atoms with Crippen molar-refractivity contribution in [1.29, 1.82) is 0 Å². The van der Waals surface area contributed by atoms with Gasteiger partial charge in [-0.3, -0.25) is 18.8 Å². The van der Waals surface area contributed by atoms with Crippen LogP contribution in [0.3, 0.4) is 0 Å². The van der Waals surface area contributed by atoms with Gasteiger partial charge in [-0.25, -0.2) is 4.79 Å². The first kappa shape index (κ1) is 20.9. The Morgan fingerprint density at radius 1 is 0.900 bits per heavy atom. The number of aromatic nitrogens is 2. The van der Waals surface area contributed by atoms with Gasteiger partial charge in [0.1, 0.15) is 0 Å². The molecule has 156 valence electrons. The molecule has 0 spiro atoms. The van der Waals surface area contributed by atoms with Crippen LogP contribution in [0.4, 0.5) is 0 Å². The van der Waals surface area contributed by atoms with Crippen molar-refractivity contribution in [2.45, 2.75) is 39.5 Å². The van der Waals surface area contributed by atoms with E-state index in [2.05, 4.69) is 4.90 Å². The molecule has 7 heteroatoms. The standard InChI is InChI=1S/C23H23Cl2N3O2/c1-2-27-21-10-11-26(13-17-4-3-5-19(25)12-17)15-20(21)22(29)28(23(27)30)14-16-6-8-18(24)9-7-16/h3-9,12H,2,10-11,13-15H2,1H3. The summed E-state index contributed by atoms with van der Waals surface area (Å²) in [7, 11) is 0. The van der Waals surface area contributed by atoms with Crippen LogP contribution in [0.1, 0.15) is 29.3 Å². The first-order valence-corrected chi connectivity index (χ1v) is 10.8. The van der Waals surface area contributed by atoms with Crippen molar-refractivity contribution in [3.8, 4) is 0 Å². The second kappa shape index (κ2) is 8.80. The Kier molecular flexibility index (Phi) is 6.14. The SMILES string of the molecule is CCn1c2c(c(=O)n(Cc3ccc(Cl)cc3)c1=O)CN(Cc1cccc(Cl)c1)CC2. The molecule has 1 aliphatic heterocycles. The van der Waals surface area contributed by atoms with Crippen molar-refractivity contribution < 1.29 is 0 Å². The summed E-state index contributed by atoms with van der Waals surface area (Å²) in [6.07, 6.45) is 0.677. The van der Waals surface area contributed by atoms with E-state index in [1.54, 1.807) is 16.7 Å². The van der Waals surface area contributed by atoms with E-state index in [0.717, 1.165) is 23.4 Å². The van der Waals surface area contributed by atoms with E-state index >= 15 is 0 Å². The lowest BCUT2D eigenvalue weighted by Crippen LogP contribution is -2.47.